The number of hydrogen-bond acceptors (Lipinski definition) is 8. The molecule has 1 rings (SSSR count). The Morgan fingerprint density at radius 1 is 0.629 bits per heavy atom. The first-order chi connectivity index (χ1) is 17.0. The molecule has 1 heterocycles. The maximum atomic E-state index is 6.05. The summed E-state index contributed by atoms with van der Waals surface area (Å²) < 4.78 is 38.4. The van der Waals surface area contributed by atoms with Gasteiger partial charge >= 0.3 is 17.6 Å². The molecular weight excluding hydrogens is 482 g/mol. The van der Waals surface area contributed by atoms with Crippen molar-refractivity contribution in [2.24, 2.45) is 0 Å². The Kier molecular flexibility index (Phi) is 18.0. The molecule has 0 bridgehead atoms. The summed E-state index contributed by atoms with van der Waals surface area (Å²) >= 11 is 0. The van der Waals surface area contributed by atoms with Crippen LogP contribution in [-0.2, 0) is 33.1 Å². The van der Waals surface area contributed by atoms with Gasteiger partial charge in [0, 0.05) is 70.7 Å². The Hall–Kier alpha value is -0.636. The molecule has 0 N–H and O–H groups in total. The lowest BCUT2D eigenvalue weighted by atomic mass is 10.3. The van der Waals surface area contributed by atoms with Crippen LogP contribution in [0.25, 0.3) is 0 Å². The Balaban J connectivity index is 2.74. The van der Waals surface area contributed by atoms with E-state index in [0.29, 0.717) is 39.6 Å². The van der Waals surface area contributed by atoms with Crippen LogP contribution in [-0.4, -0.2) is 91.3 Å². The molecule has 0 atom stereocenters. The third-order valence-electron chi connectivity index (χ3n) is 5.55. The zero-order valence-electron chi connectivity index (χ0n) is 23.1. The highest BCUT2D eigenvalue weighted by molar-refractivity contribution is 6.61. The van der Waals surface area contributed by atoms with Crippen LogP contribution in [0.2, 0.25) is 12.1 Å². The molecule has 0 saturated heterocycles. The number of rotatable bonds is 24. The summed E-state index contributed by atoms with van der Waals surface area (Å²) in [5, 5.41) is 0. The van der Waals surface area contributed by atoms with Crippen molar-refractivity contribution in [1.82, 2.24) is 14.5 Å². The smallest absolute Gasteiger partial charge is 0.374 e. The summed E-state index contributed by atoms with van der Waals surface area (Å²) in [6.07, 6.45) is 8.74. The van der Waals surface area contributed by atoms with E-state index >= 15 is 0 Å². The van der Waals surface area contributed by atoms with Crippen LogP contribution < -0.4 is 0 Å². The van der Waals surface area contributed by atoms with Gasteiger partial charge < -0.3 is 36.0 Å². The molecule has 35 heavy (non-hydrogen) atoms. The molecule has 0 amide bonds. The van der Waals surface area contributed by atoms with Gasteiger partial charge in [-0.05, 0) is 80.4 Å². The molecule has 1 aromatic rings. The summed E-state index contributed by atoms with van der Waals surface area (Å²) in [4.78, 5) is 6.68. The van der Waals surface area contributed by atoms with Gasteiger partial charge in [0.2, 0.25) is 0 Å². The van der Waals surface area contributed by atoms with Crippen LogP contribution >= 0.6 is 0 Å². The first-order valence-corrected chi connectivity index (χ1v) is 17.4. The van der Waals surface area contributed by atoms with Gasteiger partial charge in [-0.3, -0.25) is 0 Å². The highest BCUT2D eigenvalue weighted by Crippen LogP contribution is 2.21. The largest absolute Gasteiger partial charge is 0.500 e. The molecular formula is C24H51N3O6Si2. The van der Waals surface area contributed by atoms with Crippen LogP contribution in [0.15, 0.2) is 18.7 Å². The van der Waals surface area contributed by atoms with Crippen molar-refractivity contribution in [3.63, 3.8) is 0 Å². The number of imidazole rings is 1. The summed E-state index contributed by atoms with van der Waals surface area (Å²) in [5.74, 6) is 0. The predicted octanol–water partition coefficient (Wildman–Crippen LogP) is 4.45. The van der Waals surface area contributed by atoms with Gasteiger partial charge in [-0.2, -0.15) is 0 Å². The molecule has 0 aromatic carbocycles. The van der Waals surface area contributed by atoms with E-state index in [4.69, 9.17) is 26.6 Å². The topological polar surface area (TPSA) is 76.4 Å². The van der Waals surface area contributed by atoms with Gasteiger partial charge in [0.15, 0.2) is 0 Å². The van der Waals surface area contributed by atoms with E-state index in [0.717, 1.165) is 57.5 Å². The third-order valence-corrected chi connectivity index (χ3v) is 11.9. The number of aryl methyl sites for hydroxylation is 1. The minimum absolute atomic E-state index is 0.611. The zero-order chi connectivity index (χ0) is 25.8. The molecule has 1 aromatic heterocycles. The van der Waals surface area contributed by atoms with Crippen molar-refractivity contribution in [2.75, 3.05) is 59.3 Å². The lowest BCUT2D eigenvalue weighted by Crippen LogP contribution is -2.47. The molecule has 0 spiro atoms. The van der Waals surface area contributed by atoms with Crippen molar-refractivity contribution in [3.8, 4) is 0 Å². The quantitative estimate of drug-likeness (QED) is 0.180. The van der Waals surface area contributed by atoms with Crippen molar-refractivity contribution in [1.29, 1.82) is 0 Å². The van der Waals surface area contributed by atoms with E-state index in [1.807, 2.05) is 60.3 Å². The fraction of sp³-hybridized carbons (Fsp3) is 0.875. The number of hydrogen-bond donors (Lipinski definition) is 0. The molecule has 0 fully saturated rings. The van der Waals surface area contributed by atoms with E-state index in [9.17, 15) is 0 Å². The predicted molar refractivity (Wildman–Crippen MR) is 143 cm³/mol. The molecule has 0 aliphatic heterocycles. The molecule has 0 aliphatic rings. The minimum atomic E-state index is -2.62. The van der Waals surface area contributed by atoms with Crippen LogP contribution in [0.3, 0.4) is 0 Å². The monoisotopic (exact) mass is 533 g/mol. The second kappa shape index (κ2) is 19.5. The first kappa shape index (κ1) is 32.4. The standard InChI is InChI=1S/C24H51N3O6Si2/c1-7-28-34(29-8-2,30-9-3)22-14-19-26(17-13-18-27-21-16-25-24-27)20-15-23-35(31-10-4,32-11-5)33-12-6/h16,21,24H,7-15,17-20,22-23H2,1-6H3. The lowest BCUT2D eigenvalue weighted by molar-refractivity contribution is 0.0692. The molecule has 206 valence electrons. The van der Waals surface area contributed by atoms with Crippen LogP contribution in [0.4, 0.5) is 0 Å². The molecule has 0 radical (unpaired) electrons. The van der Waals surface area contributed by atoms with Gasteiger partial charge in [0.1, 0.15) is 0 Å². The SMILES string of the molecule is CCO[Si](CCCN(CCCn1ccnc1)CCC[Si](OCC)(OCC)OCC)(OCC)OCC. The maximum Gasteiger partial charge on any atom is 0.500 e. The molecule has 11 heteroatoms. The minimum Gasteiger partial charge on any atom is -0.374 e. The van der Waals surface area contributed by atoms with E-state index in [1.165, 1.54) is 0 Å². The van der Waals surface area contributed by atoms with E-state index in [1.54, 1.807) is 0 Å². The first-order valence-electron chi connectivity index (χ1n) is 13.5. The highest BCUT2D eigenvalue weighted by atomic mass is 28.4. The van der Waals surface area contributed by atoms with Crippen molar-refractivity contribution < 1.29 is 26.6 Å². The van der Waals surface area contributed by atoms with Crippen molar-refractivity contribution in [2.45, 2.75) is 79.4 Å². The van der Waals surface area contributed by atoms with Gasteiger partial charge in [-0.1, -0.05) is 0 Å². The van der Waals surface area contributed by atoms with Crippen molar-refractivity contribution in [3.05, 3.63) is 18.7 Å². The summed E-state index contributed by atoms with van der Waals surface area (Å²) in [6, 6.07) is 1.66. The zero-order valence-corrected chi connectivity index (χ0v) is 25.1. The second-order valence-electron chi connectivity index (χ2n) is 8.17. The van der Waals surface area contributed by atoms with E-state index < -0.39 is 17.6 Å². The Morgan fingerprint density at radius 3 is 1.37 bits per heavy atom. The molecule has 9 nitrogen and oxygen atoms in total. The van der Waals surface area contributed by atoms with Crippen molar-refractivity contribution >= 4 is 17.6 Å². The average Bonchev–Trinajstić information content (AvgIpc) is 3.33. The fourth-order valence-electron chi connectivity index (χ4n) is 4.27. The summed E-state index contributed by atoms with van der Waals surface area (Å²) in [7, 11) is -5.25. The number of nitrogens with zero attached hydrogens (tertiary/aromatic N) is 3. The van der Waals surface area contributed by atoms with Gasteiger partial charge in [-0.15, -0.1) is 0 Å². The van der Waals surface area contributed by atoms with Crippen LogP contribution in [0.5, 0.6) is 0 Å². The van der Waals surface area contributed by atoms with Gasteiger partial charge in [0.25, 0.3) is 0 Å². The van der Waals surface area contributed by atoms with Crippen LogP contribution in [0, 0.1) is 0 Å². The van der Waals surface area contributed by atoms with Gasteiger partial charge in [0.05, 0.1) is 6.33 Å². The normalized spacial score (nSPS) is 12.7. The van der Waals surface area contributed by atoms with E-state index in [2.05, 4.69) is 14.5 Å². The van der Waals surface area contributed by atoms with Crippen LogP contribution in [0.1, 0.15) is 60.8 Å². The Bertz CT molecular complexity index is 546. The second-order valence-corrected chi connectivity index (χ2v) is 13.6. The Morgan fingerprint density at radius 2 is 1.03 bits per heavy atom. The Labute approximate surface area is 216 Å². The van der Waals surface area contributed by atoms with E-state index in [-0.39, 0.29) is 0 Å². The summed E-state index contributed by atoms with van der Waals surface area (Å²) in [5.41, 5.74) is 0. The third kappa shape index (κ3) is 12.9. The molecule has 0 aliphatic carbocycles. The molecule has 0 unspecified atom stereocenters. The average molecular weight is 534 g/mol. The fourth-order valence-corrected chi connectivity index (χ4v) is 9.46. The number of aromatic nitrogens is 2. The molecule has 0 saturated carbocycles. The summed E-state index contributed by atoms with van der Waals surface area (Å²) in [6.45, 7) is 19.6. The maximum absolute atomic E-state index is 6.05. The highest BCUT2D eigenvalue weighted by Gasteiger charge is 2.41. The lowest BCUT2D eigenvalue weighted by Gasteiger charge is -2.31. The van der Waals surface area contributed by atoms with Gasteiger partial charge in [-0.25, -0.2) is 4.98 Å².